The first-order chi connectivity index (χ1) is 19.4. The molecule has 4 heteroatoms. The summed E-state index contributed by atoms with van der Waals surface area (Å²) in [7, 11) is 1.77. The van der Waals surface area contributed by atoms with Crippen LogP contribution in [0.15, 0.2) is 23.7 Å². The average molecular weight is 557 g/mol. The fraction of sp³-hybridized carbons (Fsp3) is 0.861. The molecule has 0 aliphatic heterocycles. The first kappa shape index (κ1) is 31.5. The Morgan fingerprint density at radius 3 is 1.38 bits per heavy atom. The van der Waals surface area contributed by atoms with E-state index in [-0.39, 0.29) is 6.47 Å². The molecule has 2 spiro atoms. The van der Waals surface area contributed by atoms with Gasteiger partial charge in [-0.1, -0.05) is 65.2 Å². The molecule has 2 N–H and O–H groups in total. The van der Waals surface area contributed by atoms with Crippen molar-refractivity contribution < 1.29 is 19.7 Å². The number of ether oxygens (including phenoxy) is 1. The second-order valence-electron chi connectivity index (χ2n) is 15.1. The Labute approximate surface area is 245 Å². The van der Waals surface area contributed by atoms with Crippen molar-refractivity contribution in [2.75, 3.05) is 7.11 Å². The summed E-state index contributed by atoms with van der Waals surface area (Å²) in [4.78, 5) is 8.36. The second kappa shape index (κ2) is 14.6. The van der Waals surface area contributed by atoms with Crippen LogP contribution in [0.4, 0.5) is 0 Å². The lowest BCUT2D eigenvalue weighted by molar-refractivity contribution is -0.122. The summed E-state index contributed by atoms with van der Waals surface area (Å²) in [5.74, 6) is 6.35. The number of aliphatic hydroxyl groups is 1. The molecule has 0 amide bonds. The van der Waals surface area contributed by atoms with Crippen LogP contribution in [-0.2, 0) is 9.53 Å². The van der Waals surface area contributed by atoms with E-state index in [0.717, 1.165) is 40.9 Å². The van der Waals surface area contributed by atoms with Crippen LogP contribution < -0.4 is 0 Å². The third kappa shape index (κ3) is 7.68. The second-order valence-corrected chi connectivity index (χ2v) is 15.1. The Morgan fingerprint density at radius 1 is 0.675 bits per heavy atom. The van der Waals surface area contributed by atoms with Gasteiger partial charge in [0.25, 0.3) is 6.47 Å². The van der Waals surface area contributed by atoms with E-state index in [1.54, 1.807) is 12.7 Å². The molecule has 0 aromatic rings. The Bertz CT molecular complexity index is 811. The summed E-state index contributed by atoms with van der Waals surface area (Å²) in [6.45, 7) is 4.41. The summed E-state index contributed by atoms with van der Waals surface area (Å²) >= 11 is 0. The molecule has 0 atom stereocenters. The van der Waals surface area contributed by atoms with Crippen molar-refractivity contribution >= 4 is 6.47 Å². The summed E-state index contributed by atoms with van der Waals surface area (Å²) in [6.07, 6.45) is 32.2. The Kier molecular flexibility index (Phi) is 11.5. The standard InChI is InChI=1S/C18H30O.C17H28O.CH2O2/c1-3-4-14-5-7-16(8-6-14)17-11-18(12-17)9-15(10-18)13-19-2;1-2-3-13-4-6-15(7-5-13)16-10-17(11-16)8-14(9-17)12-18;2-1-3/h13-14,16-17H,3-12H2,1-2H3;12-13,15-16,18H,2-11H2,1H3;1H,(H,2,3). The molecular formula is C36H60O4. The number of allylic oxidation sites excluding steroid dienone is 2. The topological polar surface area (TPSA) is 66.8 Å². The van der Waals surface area contributed by atoms with Gasteiger partial charge in [-0.05, 0) is 135 Å². The molecular weight excluding hydrogens is 496 g/mol. The van der Waals surface area contributed by atoms with E-state index in [1.807, 2.05) is 6.26 Å². The molecule has 0 saturated heterocycles. The molecule has 6 rings (SSSR count). The van der Waals surface area contributed by atoms with Crippen LogP contribution in [0.1, 0.15) is 142 Å². The van der Waals surface area contributed by atoms with Gasteiger partial charge in [0.05, 0.1) is 19.6 Å². The molecule has 0 aromatic heterocycles. The van der Waals surface area contributed by atoms with Gasteiger partial charge in [0.15, 0.2) is 0 Å². The molecule has 0 heterocycles. The van der Waals surface area contributed by atoms with Crippen molar-refractivity contribution in [3.05, 3.63) is 23.7 Å². The molecule has 228 valence electrons. The van der Waals surface area contributed by atoms with E-state index >= 15 is 0 Å². The van der Waals surface area contributed by atoms with Gasteiger partial charge in [0.1, 0.15) is 0 Å². The maximum Gasteiger partial charge on any atom is 0.290 e. The maximum absolute atomic E-state index is 8.97. The van der Waals surface area contributed by atoms with Crippen molar-refractivity contribution in [1.82, 2.24) is 0 Å². The monoisotopic (exact) mass is 556 g/mol. The Hall–Kier alpha value is -1.45. The van der Waals surface area contributed by atoms with E-state index in [1.165, 1.54) is 140 Å². The third-order valence-electron chi connectivity index (χ3n) is 12.2. The normalized spacial score (nSPS) is 39.6. The highest BCUT2D eigenvalue weighted by atomic mass is 16.5. The SMILES string of the molecule is CCCC1CCC(C2CC3(CC(=CO)C3)C2)CC1.CCCC1CCC(C2CC3(CC(=COC)C3)C2)CC1.O=CO. The molecule has 6 saturated carbocycles. The number of carboxylic acid groups (broad SMARTS) is 1. The van der Waals surface area contributed by atoms with E-state index in [4.69, 9.17) is 19.7 Å². The number of methoxy groups -OCH3 is 1. The molecule has 0 radical (unpaired) electrons. The third-order valence-corrected chi connectivity index (χ3v) is 12.2. The van der Waals surface area contributed by atoms with Crippen molar-refractivity contribution in [3.8, 4) is 0 Å². The van der Waals surface area contributed by atoms with E-state index in [0.29, 0.717) is 5.41 Å². The summed E-state index contributed by atoms with van der Waals surface area (Å²) in [5, 5.41) is 15.9. The zero-order valence-electron chi connectivity index (χ0n) is 26.0. The van der Waals surface area contributed by atoms with E-state index in [9.17, 15) is 0 Å². The number of rotatable bonds is 7. The summed E-state index contributed by atoms with van der Waals surface area (Å²) in [5.41, 5.74) is 4.22. The van der Waals surface area contributed by atoms with Gasteiger partial charge in [-0.15, -0.1) is 0 Å². The maximum atomic E-state index is 8.97. The summed E-state index contributed by atoms with van der Waals surface area (Å²) in [6, 6.07) is 0. The predicted molar refractivity (Wildman–Crippen MR) is 164 cm³/mol. The van der Waals surface area contributed by atoms with Crippen LogP contribution in [0.5, 0.6) is 0 Å². The van der Waals surface area contributed by atoms with Crippen molar-refractivity contribution in [2.45, 2.75) is 142 Å². The number of hydrogen-bond acceptors (Lipinski definition) is 3. The summed E-state index contributed by atoms with van der Waals surface area (Å²) < 4.78 is 5.12. The van der Waals surface area contributed by atoms with Gasteiger partial charge in [0, 0.05) is 0 Å². The lowest BCUT2D eigenvalue weighted by Crippen LogP contribution is -2.47. The molecule has 0 aromatic carbocycles. The minimum Gasteiger partial charge on any atom is -0.516 e. The van der Waals surface area contributed by atoms with Gasteiger partial charge < -0.3 is 14.9 Å². The minimum absolute atomic E-state index is 0.250. The number of aliphatic hydroxyl groups excluding tert-OH is 1. The molecule has 4 nitrogen and oxygen atoms in total. The highest BCUT2D eigenvalue weighted by Crippen LogP contribution is 2.64. The van der Waals surface area contributed by atoms with Crippen LogP contribution in [0.2, 0.25) is 0 Å². The van der Waals surface area contributed by atoms with Crippen molar-refractivity contribution in [2.24, 2.45) is 46.3 Å². The lowest BCUT2D eigenvalue weighted by atomic mass is 9.47. The van der Waals surface area contributed by atoms with Crippen LogP contribution in [0, 0.1) is 46.3 Å². The van der Waals surface area contributed by atoms with Crippen molar-refractivity contribution in [1.29, 1.82) is 0 Å². The number of carbonyl (C=O) groups is 1. The van der Waals surface area contributed by atoms with Crippen LogP contribution in [0.3, 0.4) is 0 Å². The molecule has 0 unspecified atom stereocenters. The molecule has 6 fully saturated rings. The van der Waals surface area contributed by atoms with Gasteiger partial charge >= 0.3 is 0 Å². The van der Waals surface area contributed by atoms with Crippen LogP contribution >= 0.6 is 0 Å². The van der Waals surface area contributed by atoms with E-state index in [2.05, 4.69) is 13.8 Å². The van der Waals surface area contributed by atoms with Gasteiger partial charge in [-0.25, -0.2) is 0 Å². The first-order valence-electron chi connectivity index (χ1n) is 17.0. The van der Waals surface area contributed by atoms with Gasteiger partial charge in [-0.3, -0.25) is 4.79 Å². The molecule has 6 aliphatic rings. The lowest BCUT2D eigenvalue weighted by Gasteiger charge is -2.58. The fourth-order valence-corrected chi connectivity index (χ4v) is 10.2. The fourth-order valence-electron chi connectivity index (χ4n) is 10.2. The quantitative estimate of drug-likeness (QED) is 0.242. The van der Waals surface area contributed by atoms with Gasteiger partial charge in [0.2, 0.25) is 0 Å². The van der Waals surface area contributed by atoms with Gasteiger partial charge in [-0.2, -0.15) is 0 Å². The highest BCUT2D eigenvalue weighted by Gasteiger charge is 2.53. The molecule has 6 aliphatic carbocycles. The zero-order valence-corrected chi connectivity index (χ0v) is 26.0. The zero-order chi connectivity index (χ0) is 28.6. The number of hydrogen-bond donors (Lipinski definition) is 2. The minimum atomic E-state index is -0.250. The van der Waals surface area contributed by atoms with Crippen LogP contribution in [0.25, 0.3) is 0 Å². The van der Waals surface area contributed by atoms with E-state index < -0.39 is 0 Å². The van der Waals surface area contributed by atoms with Crippen LogP contribution in [-0.4, -0.2) is 23.8 Å². The predicted octanol–water partition coefficient (Wildman–Crippen LogP) is 10.2. The molecule has 0 bridgehead atoms. The average Bonchev–Trinajstić information content (AvgIpc) is 2.86. The van der Waals surface area contributed by atoms with Crippen molar-refractivity contribution in [3.63, 3.8) is 0 Å². The Balaban J connectivity index is 0.000000169. The molecule has 40 heavy (non-hydrogen) atoms. The largest absolute Gasteiger partial charge is 0.516 e. The highest BCUT2D eigenvalue weighted by molar-refractivity contribution is 5.32. The Morgan fingerprint density at radius 2 is 1.05 bits per heavy atom. The first-order valence-corrected chi connectivity index (χ1v) is 17.0. The smallest absolute Gasteiger partial charge is 0.290 e.